The normalized spacial score (nSPS) is 10.6. The zero-order valence-electron chi connectivity index (χ0n) is 12.6. The van der Waals surface area contributed by atoms with E-state index in [-0.39, 0.29) is 17.6 Å². The molecule has 2 N–H and O–H groups in total. The van der Waals surface area contributed by atoms with E-state index >= 15 is 0 Å². The molecule has 0 spiro atoms. The molecule has 0 bridgehead atoms. The molecule has 1 aromatic rings. The lowest BCUT2D eigenvalue weighted by atomic mass is 10.1. The molecular formula is C16H23NO4. The van der Waals surface area contributed by atoms with Crippen LogP contribution in [0.5, 0.6) is 0 Å². The third kappa shape index (κ3) is 7.46. The molecule has 0 unspecified atom stereocenters. The zero-order chi connectivity index (χ0) is 15.7. The smallest absolute Gasteiger partial charge is 0.335 e. The zero-order valence-corrected chi connectivity index (χ0v) is 12.6. The molecule has 0 atom stereocenters. The minimum atomic E-state index is -0.939. The topological polar surface area (TPSA) is 75.6 Å². The highest BCUT2D eigenvalue weighted by atomic mass is 16.5. The van der Waals surface area contributed by atoms with Crippen molar-refractivity contribution in [3.63, 3.8) is 0 Å². The van der Waals surface area contributed by atoms with E-state index < -0.39 is 5.97 Å². The highest BCUT2D eigenvalue weighted by molar-refractivity contribution is 5.87. The number of carboxylic acids is 1. The molecule has 0 aliphatic carbocycles. The lowest BCUT2D eigenvalue weighted by Gasteiger charge is -2.08. The van der Waals surface area contributed by atoms with Gasteiger partial charge in [0.2, 0.25) is 5.91 Å². The average molecular weight is 293 g/mol. The van der Waals surface area contributed by atoms with E-state index in [1.165, 1.54) is 0 Å². The van der Waals surface area contributed by atoms with E-state index in [0.717, 1.165) is 5.56 Å². The lowest BCUT2D eigenvalue weighted by Crippen LogP contribution is -2.25. The van der Waals surface area contributed by atoms with Gasteiger partial charge >= 0.3 is 5.97 Å². The van der Waals surface area contributed by atoms with Gasteiger partial charge in [-0.15, -0.1) is 0 Å². The molecule has 0 fully saturated rings. The highest BCUT2D eigenvalue weighted by Gasteiger charge is 2.04. The summed E-state index contributed by atoms with van der Waals surface area (Å²) in [5.41, 5.74) is 1.17. The van der Waals surface area contributed by atoms with Gasteiger partial charge in [0.1, 0.15) is 0 Å². The molecule has 5 nitrogen and oxygen atoms in total. The molecule has 1 rings (SSSR count). The van der Waals surface area contributed by atoms with Gasteiger partial charge in [-0.3, -0.25) is 4.79 Å². The molecule has 0 saturated heterocycles. The summed E-state index contributed by atoms with van der Waals surface area (Å²) in [5, 5.41) is 11.7. The molecule has 0 aliphatic heterocycles. The number of carbonyl (C=O) groups is 2. The summed E-state index contributed by atoms with van der Waals surface area (Å²) in [7, 11) is 0. The number of carboxylic acid groups (broad SMARTS) is 1. The van der Waals surface area contributed by atoms with Gasteiger partial charge in [0.25, 0.3) is 0 Å². The van der Waals surface area contributed by atoms with Crippen molar-refractivity contribution in [1.29, 1.82) is 0 Å². The van der Waals surface area contributed by atoms with Gasteiger partial charge < -0.3 is 15.2 Å². The Morgan fingerprint density at radius 3 is 2.76 bits per heavy atom. The molecule has 0 aliphatic rings. The maximum atomic E-state index is 11.6. The summed E-state index contributed by atoms with van der Waals surface area (Å²) in [5.74, 6) is -0.942. The van der Waals surface area contributed by atoms with Crippen molar-refractivity contribution in [1.82, 2.24) is 5.32 Å². The van der Waals surface area contributed by atoms with E-state index in [1.54, 1.807) is 18.2 Å². The first kappa shape index (κ1) is 17.2. The molecular weight excluding hydrogens is 270 g/mol. The molecule has 0 radical (unpaired) electrons. The SMILES string of the molecule is CC(C)OCCCC(=O)NCCc1cccc(C(=O)O)c1. The summed E-state index contributed by atoms with van der Waals surface area (Å²) in [6, 6.07) is 6.75. The largest absolute Gasteiger partial charge is 0.478 e. The Morgan fingerprint density at radius 2 is 2.10 bits per heavy atom. The first-order valence-corrected chi connectivity index (χ1v) is 7.19. The van der Waals surface area contributed by atoms with Crippen molar-refractivity contribution in [2.24, 2.45) is 0 Å². The molecule has 116 valence electrons. The summed E-state index contributed by atoms with van der Waals surface area (Å²) >= 11 is 0. The Labute approximate surface area is 125 Å². The number of ether oxygens (including phenoxy) is 1. The number of carbonyl (C=O) groups excluding carboxylic acids is 1. The van der Waals surface area contributed by atoms with Gasteiger partial charge in [0.15, 0.2) is 0 Å². The van der Waals surface area contributed by atoms with Crippen molar-refractivity contribution in [3.8, 4) is 0 Å². The van der Waals surface area contributed by atoms with Crippen LogP contribution < -0.4 is 5.32 Å². The predicted octanol–water partition coefficient (Wildman–Crippen LogP) is 2.25. The van der Waals surface area contributed by atoms with Crippen LogP contribution in [0.1, 0.15) is 42.6 Å². The van der Waals surface area contributed by atoms with Crippen molar-refractivity contribution in [3.05, 3.63) is 35.4 Å². The third-order valence-corrected chi connectivity index (χ3v) is 2.91. The van der Waals surface area contributed by atoms with Crippen molar-refractivity contribution in [2.75, 3.05) is 13.2 Å². The van der Waals surface area contributed by atoms with E-state index in [2.05, 4.69) is 5.32 Å². The minimum absolute atomic E-state index is 0.00301. The van der Waals surface area contributed by atoms with Crippen LogP contribution in [-0.2, 0) is 16.0 Å². The summed E-state index contributed by atoms with van der Waals surface area (Å²) < 4.78 is 5.37. The van der Waals surface area contributed by atoms with Gasteiger partial charge in [0, 0.05) is 19.6 Å². The first-order valence-electron chi connectivity index (χ1n) is 7.19. The Hall–Kier alpha value is -1.88. The van der Waals surface area contributed by atoms with Gasteiger partial charge in [-0.25, -0.2) is 4.79 Å². The number of nitrogens with one attached hydrogen (secondary N) is 1. The molecule has 1 amide bonds. The number of hydrogen-bond donors (Lipinski definition) is 2. The lowest BCUT2D eigenvalue weighted by molar-refractivity contribution is -0.121. The van der Waals surface area contributed by atoms with E-state index in [9.17, 15) is 9.59 Å². The number of benzene rings is 1. The van der Waals surface area contributed by atoms with Gasteiger partial charge in [0.05, 0.1) is 11.7 Å². The van der Waals surface area contributed by atoms with Crippen LogP contribution in [-0.4, -0.2) is 36.2 Å². The summed E-state index contributed by atoms with van der Waals surface area (Å²) in [4.78, 5) is 22.4. The quantitative estimate of drug-likeness (QED) is 0.685. The summed E-state index contributed by atoms with van der Waals surface area (Å²) in [6.07, 6.45) is 1.96. The molecule has 0 saturated carbocycles. The third-order valence-electron chi connectivity index (χ3n) is 2.91. The molecule has 1 aromatic carbocycles. The van der Waals surface area contributed by atoms with Crippen molar-refractivity contribution >= 4 is 11.9 Å². The van der Waals surface area contributed by atoms with Gasteiger partial charge in [-0.1, -0.05) is 12.1 Å². The van der Waals surface area contributed by atoms with Gasteiger partial charge in [-0.2, -0.15) is 0 Å². The first-order chi connectivity index (χ1) is 9.99. The molecule has 0 aromatic heterocycles. The Balaban J connectivity index is 2.22. The van der Waals surface area contributed by atoms with E-state index in [1.807, 2.05) is 19.9 Å². The number of hydrogen-bond acceptors (Lipinski definition) is 3. The monoisotopic (exact) mass is 293 g/mol. The van der Waals surface area contributed by atoms with E-state index in [0.29, 0.717) is 32.4 Å². The van der Waals surface area contributed by atoms with Crippen LogP contribution in [0.15, 0.2) is 24.3 Å². The van der Waals surface area contributed by atoms with E-state index in [4.69, 9.17) is 9.84 Å². The van der Waals surface area contributed by atoms with Crippen LogP contribution in [0, 0.1) is 0 Å². The number of rotatable bonds is 9. The number of amides is 1. The fourth-order valence-electron chi connectivity index (χ4n) is 1.85. The fourth-order valence-corrected chi connectivity index (χ4v) is 1.85. The maximum Gasteiger partial charge on any atom is 0.335 e. The Kier molecular flexibility index (Phi) is 7.46. The van der Waals surface area contributed by atoms with Gasteiger partial charge in [-0.05, 0) is 44.4 Å². The van der Waals surface area contributed by atoms with Crippen LogP contribution in [0.3, 0.4) is 0 Å². The van der Waals surface area contributed by atoms with Crippen LogP contribution in [0.25, 0.3) is 0 Å². The molecule has 0 heterocycles. The fraction of sp³-hybridized carbons (Fsp3) is 0.500. The average Bonchev–Trinajstić information content (AvgIpc) is 2.44. The standard InChI is InChI=1S/C16H23NO4/c1-12(2)21-10-4-7-15(18)17-9-8-13-5-3-6-14(11-13)16(19)20/h3,5-6,11-12H,4,7-10H2,1-2H3,(H,17,18)(H,19,20). The maximum absolute atomic E-state index is 11.6. The highest BCUT2D eigenvalue weighted by Crippen LogP contribution is 2.05. The van der Waals surface area contributed by atoms with Crippen molar-refractivity contribution < 1.29 is 19.4 Å². The number of aromatic carboxylic acids is 1. The van der Waals surface area contributed by atoms with Crippen LogP contribution >= 0.6 is 0 Å². The second-order valence-corrected chi connectivity index (χ2v) is 5.13. The second-order valence-electron chi connectivity index (χ2n) is 5.13. The molecule has 5 heteroatoms. The van der Waals surface area contributed by atoms with Crippen LogP contribution in [0.2, 0.25) is 0 Å². The Bertz CT molecular complexity index is 471. The molecule has 21 heavy (non-hydrogen) atoms. The van der Waals surface area contributed by atoms with Crippen molar-refractivity contribution in [2.45, 2.75) is 39.2 Å². The predicted molar refractivity (Wildman–Crippen MR) is 80.4 cm³/mol. The van der Waals surface area contributed by atoms with Crippen LogP contribution in [0.4, 0.5) is 0 Å². The minimum Gasteiger partial charge on any atom is -0.478 e. The Morgan fingerprint density at radius 1 is 1.33 bits per heavy atom. The second kappa shape index (κ2) is 9.13. The summed E-state index contributed by atoms with van der Waals surface area (Å²) in [6.45, 7) is 5.02.